The number of aliphatic carboxylic acids is 1. The highest BCUT2D eigenvalue weighted by molar-refractivity contribution is 9.10. The lowest BCUT2D eigenvalue weighted by molar-refractivity contribution is -0.140. The maximum absolute atomic E-state index is 11.1. The minimum atomic E-state index is -0.783. The number of carboxylic acids is 1. The minimum Gasteiger partial charge on any atom is -0.480 e. The lowest BCUT2D eigenvalue weighted by Crippen LogP contribution is -2.41. The molecule has 0 heterocycles. The van der Waals surface area contributed by atoms with Gasteiger partial charge in [0.05, 0.1) is 0 Å². The van der Waals surface area contributed by atoms with Crippen molar-refractivity contribution < 1.29 is 9.90 Å². The third-order valence-electron chi connectivity index (χ3n) is 2.89. The van der Waals surface area contributed by atoms with Crippen molar-refractivity contribution >= 4 is 21.9 Å². The smallest absolute Gasteiger partial charge is 0.320 e. The Labute approximate surface area is 110 Å². The van der Waals surface area contributed by atoms with Gasteiger partial charge < -0.3 is 10.4 Å². The van der Waals surface area contributed by atoms with Gasteiger partial charge in [-0.15, -0.1) is 0 Å². The summed E-state index contributed by atoms with van der Waals surface area (Å²) in [6.07, 6.45) is 0.850. The second kappa shape index (κ2) is 6.77. The zero-order valence-electron chi connectivity index (χ0n) is 10.1. The second-order valence-electron chi connectivity index (χ2n) is 4.21. The first-order valence-corrected chi connectivity index (χ1v) is 6.54. The third kappa shape index (κ3) is 4.48. The Morgan fingerprint density at radius 1 is 1.53 bits per heavy atom. The Bertz CT molecular complexity index is 381. The first-order valence-electron chi connectivity index (χ1n) is 5.75. The molecule has 1 aromatic carbocycles. The van der Waals surface area contributed by atoms with Gasteiger partial charge in [0.2, 0.25) is 0 Å². The number of nitrogens with one attached hydrogen (secondary N) is 1. The topological polar surface area (TPSA) is 49.3 Å². The van der Waals surface area contributed by atoms with Crippen molar-refractivity contribution in [2.45, 2.75) is 32.9 Å². The van der Waals surface area contributed by atoms with Gasteiger partial charge in [-0.1, -0.05) is 48.3 Å². The second-order valence-corrected chi connectivity index (χ2v) is 5.13. The lowest BCUT2D eigenvalue weighted by atomic mass is 9.99. The molecule has 1 rings (SSSR count). The van der Waals surface area contributed by atoms with Crippen molar-refractivity contribution in [1.29, 1.82) is 0 Å². The molecule has 3 nitrogen and oxygen atoms in total. The van der Waals surface area contributed by atoms with Crippen LogP contribution in [0.25, 0.3) is 0 Å². The van der Waals surface area contributed by atoms with Gasteiger partial charge in [0.15, 0.2) is 0 Å². The molecule has 0 fully saturated rings. The monoisotopic (exact) mass is 299 g/mol. The molecule has 0 saturated carbocycles. The van der Waals surface area contributed by atoms with E-state index in [1.807, 2.05) is 38.1 Å². The maximum atomic E-state index is 11.1. The summed E-state index contributed by atoms with van der Waals surface area (Å²) in [6.45, 7) is 4.52. The number of rotatable bonds is 6. The lowest BCUT2D eigenvalue weighted by Gasteiger charge is -2.20. The van der Waals surface area contributed by atoms with Gasteiger partial charge in [0, 0.05) is 11.0 Å². The number of halogens is 1. The molecule has 0 bridgehead atoms. The summed E-state index contributed by atoms with van der Waals surface area (Å²) in [7, 11) is 0. The normalized spacial score (nSPS) is 14.3. The van der Waals surface area contributed by atoms with E-state index in [2.05, 4.69) is 21.2 Å². The number of carbonyl (C=O) groups is 1. The molecule has 0 aliphatic heterocycles. The van der Waals surface area contributed by atoms with E-state index < -0.39 is 12.0 Å². The Balaban J connectivity index is 2.61. The summed E-state index contributed by atoms with van der Waals surface area (Å²) in [4.78, 5) is 11.1. The molecule has 94 valence electrons. The molecule has 0 spiro atoms. The predicted octanol–water partition coefficient (Wildman–Crippen LogP) is 3.04. The standard InChI is InChI=1S/C13H18BrNO2/c1-3-9(2)12(13(16)17)15-8-10-5-4-6-11(14)7-10/h4-7,9,12,15H,3,8H2,1-2H3,(H,16,17)/t9-,12-/m0/s1. The van der Waals surface area contributed by atoms with Crippen LogP contribution in [0.1, 0.15) is 25.8 Å². The van der Waals surface area contributed by atoms with E-state index in [4.69, 9.17) is 5.11 Å². The molecule has 0 saturated heterocycles. The van der Waals surface area contributed by atoms with Gasteiger partial charge in [0.1, 0.15) is 6.04 Å². The van der Waals surface area contributed by atoms with Crippen LogP contribution in [0.5, 0.6) is 0 Å². The summed E-state index contributed by atoms with van der Waals surface area (Å²) >= 11 is 3.40. The van der Waals surface area contributed by atoms with Crippen LogP contribution in [0.4, 0.5) is 0 Å². The van der Waals surface area contributed by atoms with Gasteiger partial charge in [-0.05, 0) is 23.6 Å². The summed E-state index contributed by atoms with van der Waals surface area (Å²) in [5.74, 6) is -0.658. The van der Waals surface area contributed by atoms with Crippen LogP contribution in [0.15, 0.2) is 28.7 Å². The Morgan fingerprint density at radius 3 is 2.76 bits per heavy atom. The molecule has 1 aromatic rings. The van der Waals surface area contributed by atoms with Gasteiger partial charge in [0.25, 0.3) is 0 Å². The highest BCUT2D eigenvalue weighted by atomic mass is 79.9. The number of carboxylic acid groups (broad SMARTS) is 1. The van der Waals surface area contributed by atoms with Crippen LogP contribution in [0.3, 0.4) is 0 Å². The number of hydrogen-bond acceptors (Lipinski definition) is 2. The van der Waals surface area contributed by atoms with E-state index in [1.54, 1.807) is 0 Å². The average Bonchev–Trinajstić information content (AvgIpc) is 2.28. The molecule has 0 aromatic heterocycles. The van der Waals surface area contributed by atoms with Crippen molar-refractivity contribution in [3.8, 4) is 0 Å². The quantitative estimate of drug-likeness (QED) is 0.849. The fraction of sp³-hybridized carbons (Fsp3) is 0.462. The molecular weight excluding hydrogens is 282 g/mol. The molecule has 17 heavy (non-hydrogen) atoms. The third-order valence-corrected chi connectivity index (χ3v) is 3.39. The minimum absolute atomic E-state index is 0.125. The highest BCUT2D eigenvalue weighted by Gasteiger charge is 2.22. The highest BCUT2D eigenvalue weighted by Crippen LogP contribution is 2.13. The molecule has 2 N–H and O–H groups in total. The van der Waals surface area contributed by atoms with Crippen LogP contribution in [-0.2, 0) is 11.3 Å². The molecule has 4 heteroatoms. The molecule has 0 amide bonds. The summed E-state index contributed by atoms with van der Waals surface area (Å²) in [6, 6.07) is 7.38. The summed E-state index contributed by atoms with van der Waals surface area (Å²) in [5, 5.41) is 12.2. The van der Waals surface area contributed by atoms with Crippen molar-refractivity contribution in [2.24, 2.45) is 5.92 Å². The fourth-order valence-corrected chi connectivity index (χ4v) is 2.09. The van der Waals surface area contributed by atoms with Crippen molar-refractivity contribution in [1.82, 2.24) is 5.32 Å². The van der Waals surface area contributed by atoms with Crippen LogP contribution in [0, 0.1) is 5.92 Å². The Kier molecular flexibility index (Phi) is 5.65. The zero-order chi connectivity index (χ0) is 12.8. The summed E-state index contributed by atoms with van der Waals surface area (Å²) < 4.78 is 1.01. The first kappa shape index (κ1) is 14.2. The van der Waals surface area contributed by atoms with Crippen molar-refractivity contribution in [3.05, 3.63) is 34.3 Å². The molecule has 0 radical (unpaired) electrons. The average molecular weight is 300 g/mol. The van der Waals surface area contributed by atoms with E-state index in [0.717, 1.165) is 16.5 Å². The van der Waals surface area contributed by atoms with Crippen LogP contribution in [-0.4, -0.2) is 17.1 Å². The molecule has 0 aliphatic rings. The Hall–Kier alpha value is -0.870. The van der Waals surface area contributed by atoms with Crippen LogP contribution in [0.2, 0.25) is 0 Å². The number of hydrogen-bond donors (Lipinski definition) is 2. The molecule has 2 atom stereocenters. The van der Waals surface area contributed by atoms with Crippen LogP contribution < -0.4 is 5.32 Å². The molecule has 0 unspecified atom stereocenters. The van der Waals surface area contributed by atoms with Crippen LogP contribution >= 0.6 is 15.9 Å². The predicted molar refractivity (Wildman–Crippen MR) is 71.9 cm³/mol. The van der Waals surface area contributed by atoms with Crippen molar-refractivity contribution in [3.63, 3.8) is 0 Å². The van der Waals surface area contributed by atoms with Crippen molar-refractivity contribution in [2.75, 3.05) is 0 Å². The molecular formula is C13H18BrNO2. The van der Waals surface area contributed by atoms with Gasteiger partial charge >= 0.3 is 5.97 Å². The largest absolute Gasteiger partial charge is 0.480 e. The van der Waals surface area contributed by atoms with E-state index in [0.29, 0.717) is 6.54 Å². The van der Waals surface area contributed by atoms with Gasteiger partial charge in [-0.25, -0.2) is 0 Å². The summed E-state index contributed by atoms with van der Waals surface area (Å²) in [5.41, 5.74) is 1.08. The van der Waals surface area contributed by atoms with E-state index in [-0.39, 0.29) is 5.92 Å². The van der Waals surface area contributed by atoms with E-state index in [9.17, 15) is 4.79 Å². The fourth-order valence-electron chi connectivity index (χ4n) is 1.64. The zero-order valence-corrected chi connectivity index (χ0v) is 11.7. The first-order chi connectivity index (χ1) is 8.04. The van der Waals surface area contributed by atoms with Gasteiger partial charge in [-0.2, -0.15) is 0 Å². The van der Waals surface area contributed by atoms with E-state index >= 15 is 0 Å². The van der Waals surface area contributed by atoms with Gasteiger partial charge in [-0.3, -0.25) is 4.79 Å². The number of benzene rings is 1. The SMILES string of the molecule is CC[C@H](C)[C@H](NCc1cccc(Br)c1)C(=O)O. The Morgan fingerprint density at radius 2 is 2.24 bits per heavy atom. The van der Waals surface area contributed by atoms with E-state index in [1.165, 1.54) is 0 Å². The maximum Gasteiger partial charge on any atom is 0.320 e. The molecule has 0 aliphatic carbocycles.